The van der Waals surface area contributed by atoms with Crippen LogP contribution in [-0.4, -0.2) is 30.6 Å². The third kappa shape index (κ3) is 5.28. The quantitative estimate of drug-likeness (QED) is 0.594. The predicted octanol–water partition coefficient (Wildman–Crippen LogP) is 3.44. The van der Waals surface area contributed by atoms with Gasteiger partial charge in [-0.15, -0.1) is 0 Å². The molecule has 2 aromatic carbocycles. The second-order valence-electron chi connectivity index (χ2n) is 4.99. The van der Waals surface area contributed by atoms with E-state index in [0.717, 1.165) is 5.56 Å². The van der Waals surface area contributed by atoms with Crippen molar-refractivity contribution in [1.82, 2.24) is 0 Å². The molecule has 1 N–H and O–H groups in total. The third-order valence-electron chi connectivity index (χ3n) is 3.22. The van der Waals surface area contributed by atoms with Crippen LogP contribution in [0.1, 0.15) is 22.3 Å². The number of carboxylic acid groups (broad SMARTS) is 1. The summed E-state index contributed by atoms with van der Waals surface area (Å²) in [5, 5.41) is 8.60. The van der Waals surface area contributed by atoms with Crippen molar-refractivity contribution in [2.75, 3.05) is 13.7 Å². The van der Waals surface area contributed by atoms with E-state index in [1.54, 1.807) is 55.7 Å². The molecule has 2 rings (SSSR count). The molecule has 124 valence electrons. The number of rotatable bonds is 8. The first-order valence-electron chi connectivity index (χ1n) is 7.39. The minimum atomic E-state index is -0.907. The fourth-order valence-electron chi connectivity index (χ4n) is 2.01. The van der Waals surface area contributed by atoms with Crippen LogP contribution in [0.5, 0.6) is 11.5 Å². The summed E-state index contributed by atoms with van der Waals surface area (Å²) in [5.74, 6) is 0.149. The Morgan fingerprint density at radius 3 is 2.58 bits per heavy atom. The highest BCUT2D eigenvalue weighted by atomic mass is 16.5. The van der Waals surface area contributed by atoms with Crippen LogP contribution in [-0.2, 0) is 4.79 Å². The van der Waals surface area contributed by atoms with Gasteiger partial charge in [0, 0.05) is 5.56 Å². The molecule has 0 saturated heterocycles. The van der Waals surface area contributed by atoms with Crippen LogP contribution in [0.3, 0.4) is 0 Å². The molecule has 0 aliphatic heterocycles. The zero-order valence-electron chi connectivity index (χ0n) is 13.3. The molecule has 0 heterocycles. The van der Waals surface area contributed by atoms with Gasteiger partial charge in [-0.05, 0) is 35.9 Å². The number of carbonyl (C=O) groups excluding carboxylic acids is 1. The summed E-state index contributed by atoms with van der Waals surface area (Å²) in [7, 11) is 1.55. The van der Waals surface area contributed by atoms with Gasteiger partial charge in [0.2, 0.25) is 0 Å². The second-order valence-corrected chi connectivity index (χ2v) is 4.99. The fraction of sp³-hybridized carbons (Fsp3) is 0.158. The summed E-state index contributed by atoms with van der Waals surface area (Å²) >= 11 is 0. The van der Waals surface area contributed by atoms with E-state index >= 15 is 0 Å². The summed E-state index contributed by atoms with van der Waals surface area (Å²) in [6, 6.07) is 14.0. The standard InChI is InChI=1S/C19H18O5/c1-23-16-6-3-5-15(13-16)18(20)9-8-14-4-2-7-17(12-14)24-11-10-19(21)22/h2-9,12-13H,10-11H2,1H3,(H,21,22). The predicted molar refractivity (Wildman–Crippen MR) is 90.5 cm³/mol. The number of hydrogen-bond donors (Lipinski definition) is 1. The highest BCUT2D eigenvalue weighted by Crippen LogP contribution is 2.16. The van der Waals surface area contributed by atoms with Gasteiger partial charge >= 0.3 is 5.97 Å². The van der Waals surface area contributed by atoms with Gasteiger partial charge < -0.3 is 14.6 Å². The van der Waals surface area contributed by atoms with Gasteiger partial charge in [-0.3, -0.25) is 9.59 Å². The number of carbonyl (C=O) groups is 2. The van der Waals surface area contributed by atoms with Gasteiger partial charge in [0.1, 0.15) is 11.5 Å². The molecule has 0 saturated carbocycles. The lowest BCUT2D eigenvalue weighted by atomic mass is 10.1. The first-order valence-corrected chi connectivity index (χ1v) is 7.39. The van der Waals surface area contributed by atoms with Crippen molar-refractivity contribution in [3.05, 3.63) is 65.7 Å². The molecule has 0 unspecified atom stereocenters. The average Bonchev–Trinajstić information content (AvgIpc) is 2.60. The van der Waals surface area contributed by atoms with Crippen LogP contribution in [0.25, 0.3) is 6.08 Å². The van der Waals surface area contributed by atoms with E-state index in [4.69, 9.17) is 14.6 Å². The third-order valence-corrected chi connectivity index (χ3v) is 3.22. The lowest BCUT2D eigenvalue weighted by molar-refractivity contribution is -0.137. The van der Waals surface area contributed by atoms with Gasteiger partial charge in [-0.25, -0.2) is 0 Å². The molecular weight excluding hydrogens is 308 g/mol. The van der Waals surface area contributed by atoms with Gasteiger partial charge in [-0.2, -0.15) is 0 Å². The monoisotopic (exact) mass is 326 g/mol. The molecule has 0 spiro atoms. The van der Waals surface area contributed by atoms with Gasteiger partial charge in [-0.1, -0.05) is 30.3 Å². The molecule has 0 aliphatic rings. The summed E-state index contributed by atoms with van der Waals surface area (Å²) in [6.07, 6.45) is 3.10. The number of benzene rings is 2. The van der Waals surface area contributed by atoms with E-state index in [9.17, 15) is 9.59 Å². The summed E-state index contributed by atoms with van der Waals surface area (Å²) in [6.45, 7) is 0.102. The van der Waals surface area contributed by atoms with Crippen LogP contribution in [0.2, 0.25) is 0 Å². The molecule has 2 aromatic rings. The lowest BCUT2D eigenvalue weighted by Gasteiger charge is -2.05. The van der Waals surface area contributed by atoms with Gasteiger partial charge in [0.15, 0.2) is 5.78 Å². The number of methoxy groups -OCH3 is 1. The molecule has 0 amide bonds. The second kappa shape index (κ2) is 8.53. The van der Waals surface area contributed by atoms with Crippen LogP contribution in [0.15, 0.2) is 54.6 Å². The van der Waals surface area contributed by atoms with Crippen LogP contribution in [0.4, 0.5) is 0 Å². The van der Waals surface area contributed by atoms with Gasteiger partial charge in [0.25, 0.3) is 0 Å². The Hall–Kier alpha value is -3.08. The SMILES string of the molecule is COc1cccc(C(=O)C=Cc2cccc(OCCC(=O)O)c2)c1. The Kier molecular flexibility index (Phi) is 6.14. The zero-order valence-corrected chi connectivity index (χ0v) is 13.3. The zero-order chi connectivity index (χ0) is 17.4. The Morgan fingerprint density at radius 2 is 1.83 bits per heavy atom. The average molecular weight is 326 g/mol. The molecule has 0 atom stereocenters. The first-order chi connectivity index (χ1) is 11.6. The molecule has 0 radical (unpaired) electrons. The molecule has 0 aliphatic carbocycles. The van der Waals surface area contributed by atoms with E-state index in [2.05, 4.69) is 0 Å². The Bertz CT molecular complexity index is 749. The van der Waals surface area contributed by atoms with E-state index in [1.807, 2.05) is 6.07 Å². The smallest absolute Gasteiger partial charge is 0.306 e. The Labute approximate surface area is 140 Å². The molecule has 0 fully saturated rings. The topological polar surface area (TPSA) is 72.8 Å². The number of ether oxygens (including phenoxy) is 2. The number of hydrogen-bond acceptors (Lipinski definition) is 4. The molecule has 0 aromatic heterocycles. The summed E-state index contributed by atoms with van der Waals surface area (Å²) in [5.41, 5.74) is 1.33. The lowest BCUT2D eigenvalue weighted by Crippen LogP contribution is -2.04. The fourth-order valence-corrected chi connectivity index (χ4v) is 2.01. The maximum Gasteiger partial charge on any atom is 0.306 e. The molecule has 5 nitrogen and oxygen atoms in total. The van der Waals surface area contributed by atoms with Crippen molar-refractivity contribution in [3.63, 3.8) is 0 Å². The highest BCUT2D eigenvalue weighted by Gasteiger charge is 2.03. The minimum Gasteiger partial charge on any atom is -0.497 e. The molecule has 5 heteroatoms. The largest absolute Gasteiger partial charge is 0.497 e. The Balaban J connectivity index is 2.02. The number of carboxylic acids is 1. The molecule has 0 bridgehead atoms. The van der Waals surface area contributed by atoms with Crippen molar-refractivity contribution >= 4 is 17.8 Å². The van der Waals surface area contributed by atoms with Crippen LogP contribution >= 0.6 is 0 Å². The minimum absolute atomic E-state index is 0.0611. The number of aliphatic carboxylic acids is 1. The maximum atomic E-state index is 12.2. The van der Waals surface area contributed by atoms with E-state index < -0.39 is 5.97 Å². The van der Waals surface area contributed by atoms with Crippen molar-refractivity contribution < 1.29 is 24.2 Å². The van der Waals surface area contributed by atoms with Crippen molar-refractivity contribution in [2.45, 2.75) is 6.42 Å². The van der Waals surface area contributed by atoms with Crippen LogP contribution in [0, 0.1) is 0 Å². The maximum absolute atomic E-state index is 12.2. The molecule has 24 heavy (non-hydrogen) atoms. The van der Waals surface area contributed by atoms with Gasteiger partial charge in [0.05, 0.1) is 20.1 Å². The van der Waals surface area contributed by atoms with Crippen molar-refractivity contribution in [3.8, 4) is 11.5 Å². The van der Waals surface area contributed by atoms with E-state index in [1.165, 1.54) is 6.08 Å². The number of ketones is 1. The van der Waals surface area contributed by atoms with Crippen molar-refractivity contribution in [2.24, 2.45) is 0 Å². The highest BCUT2D eigenvalue weighted by molar-refractivity contribution is 6.07. The summed E-state index contributed by atoms with van der Waals surface area (Å²) in [4.78, 5) is 22.7. The van der Waals surface area contributed by atoms with Crippen LogP contribution < -0.4 is 9.47 Å². The van der Waals surface area contributed by atoms with E-state index in [0.29, 0.717) is 17.1 Å². The van der Waals surface area contributed by atoms with E-state index in [-0.39, 0.29) is 18.8 Å². The Morgan fingerprint density at radius 1 is 1.08 bits per heavy atom. The number of allylic oxidation sites excluding steroid dienone is 1. The first kappa shape index (κ1) is 17.3. The summed E-state index contributed by atoms with van der Waals surface area (Å²) < 4.78 is 10.5. The van der Waals surface area contributed by atoms with Crippen molar-refractivity contribution in [1.29, 1.82) is 0 Å². The normalized spacial score (nSPS) is 10.5. The molecular formula is C19H18O5.